The second kappa shape index (κ2) is 6.21. The highest BCUT2D eigenvalue weighted by Crippen LogP contribution is 2.25. The van der Waals surface area contributed by atoms with Gasteiger partial charge in [-0.2, -0.15) is 0 Å². The number of nitrogens with two attached hydrogens (primary N) is 1. The van der Waals surface area contributed by atoms with Crippen LogP contribution in [0.15, 0.2) is 16.5 Å². The first kappa shape index (κ1) is 14.1. The Hall–Kier alpha value is -1.33. The van der Waals surface area contributed by atoms with Crippen LogP contribution >= 0.6 is 0 Å². The maximum Gasteiger partial charge on any atom is 0.217 e. The molecule has 0 radical (unpaired) electrons. The average molecular weight is 265 g/mol. The maximum absolute atomic E-state index is 11.0. The lowest BCUT2D eigenvalue weighted by Crippen LogP contribution is -2.46. The lowest BCUT2D eigenvalue weighted by Gasteiger charge is -2.36. The number of nitrogens with zero attached hydrogens (tertiary/aromatic N) is 1. The molecule has 2 heterocycles. The smallest absolute Gasteiger partial charge is 0.217 e. The van der Waals surface area contributed by atoms with Crippen LogP contribution in [0.2, 0.25) is 0 Å². The summed E-state index contributed by atoms with van der Waals surface area (Å²) in [4.78, 5) is 13.4. The first-order valence-corrected chi connectivity index (χ1v) is 6.87. The summed E-state index contributed by atoms with van der Waals surface area (Å²) in [7, 11) is 0. The van der Waals surface area contributed by atoms with Crippen LogP contribution in [-0.4, -0.2) is 36.5 Å². The van der Waals surface area contributed by atoms with E-state index in [4.69, 9.17) is 10.2 Å². The van der Waals surface area contributed by atoms with Gasteiger partial charge in [-0.15, -0.1) is 0 Å². The number of aryl methyl sites for hydroxylation is 1. The molecule has 1 saturated heterocycles. The summed E-state index contributed by atoms with van der Waals surface area (Å²) in [5, 5.41) is 2.98. The van der Waals surface area contributed by atoms with Gasteiger partial charge in [0.1, 0.15) is 11.5 Å². The Balaban J connectivity index is 1.93. The fourth-order valence-electron chi connectivity index (χ4n) is 2.72. The van der Waals surface area contributed by atoms with E-state index in [0.29, 0.717) is 12.6 Å². The van der Waals surface area contributed by atoms with Gasteiger partial charge >= 0.3 is 0 Å². The highest BCUT2D eigenvalue weighted by molar-refractivity contribution is 5.73. The minimum atomic E-state index is 0.0514. The van der Waals surface area contributed by atoms with Crippen molar-refractivity contribution in [2.45, 2.75) is 38.8 Å². The zero-order valence-corrected chi connectivity index (χ0v) is 11.7. The number of rotatable bonds is 4. The van der Waals surface area contributed by atoms with Crippen LogP contribution in [0.5, 0.6) is 0 Å². The fourth-order valence-corrected chi connectivity index (χ4v) is 2.72. The zero-order valence-electron chi connectivity index (χ0n) is 11.7. The molecule has 1 aromatic rings. The van der Waals surface area contributed by atoms with Crippen LogP contribution in [0, 0.1) is 6.92 Å². The van der Waals surface area contributed by atoms with E-state index in [1.165, 1.54) is 0 Å². The number of hydrogen-bond acceptors (Lipinski definition) is 4. The lowest BCUT2D eigenvalue weighted by atomic mass is 10.0. The molecule has 1 amide bonds. The molecule has 1 aromatic heterocycles. The number of amides is 1. The van der Waals surface area contributed by atoms with Gasteiger partial charge < -0.3 is 15.5 Å². The molecule has 1 atom stereocenters. The van der Waals surface area contributed by atoms with Crippen molar-refractivity contribution >= 4 is 5.91 Å². The van der Waals surface area contributed by atoms with Crippen LogP contribution in [-0.2, 0) is 4.79 Å². The molecule has 5 nitrogen and oxygen atoms in total. The molecule has 0 aromatic carbocycles. The second-order valence-corrected chi connectivity index (χ2v) is 5.21. The highest BCUT2D eigenvalue weighted by atomic mass is 16.3. The van der Waals surface area contributed by atoms with Crippen LogP contribution in [0.4, 0.5) is 0 Å². The molecule has 1 aliphatic rings. The largest absolute Gasteiger partial charge is 0.465 e. The van der Waals surface area contributed by atoms with Gasteiger partial charge in [0.15, 0.2) is 0 Å². The monoisotopic (exact) mass is 265 g/mol. The zero-order chi connectivity index (χ0) is 13.8. The molecule has 106 valence electrons. The Bertz CT molecular complexity index is 422. The van der Waals surface area contributed by atoms with E-state index >= 15 is 0 Å². The summed E-state index contributed by atoms with van der Waals surface area (Å²) in [6.07, 6.45) is 1.94. The average Bonchev–Trinajstić information content (AvgIpc) is 2.78. The van der Waals surface area contributed by atoms with Crippen LogP contribution < -0.4 is 11.1 Å². The second-order valence-electron chi connectivity index (χ2n) is 5.21. The lowest BCUT2D eigenvalue weighted by molar-refractivity contribution is -0.120. The van der Waals surface area contributed by atoms with Crippen molar-refractivity contribution < 1.29 is 9.21 Å². The molecule has 0 spiro atoms. The Kier molecular flexibility index (Phi) is 4.61. The summed E-state index contributed by atoms with van der Waals surface area (Å²) < 4.78 is 5.69. The summed E-state index contributed by atoms with van der Waals surface area (Å²) in [6, 6.07) is 4.42. The van der Waals surface area contributed by atoms with E-state index in [1.807, 2.05) is 19.1 Å². The predicted molar refractivity (Wildman–Crippen MR) is 73.7 cm³/mol. The van der Waals surface area contributed by atoms with Crippen molar-refractivity contribution in [1.29, 1.82) is 0 Å². The van der Waals surface area contributed by atoms with Gasteiger partial charge in [0.25, 0.3) is 0 Å². The van der Waals surface area contributed by atoms with Crippen molar-refractivity contribution in [1.82, 2.24) is 10.2 Å². The topological polar surface area (TPSA) is 71.5 Å². The number of likely N-dealkylation sites (tertiary alicyclic amines) is 1. The Labute approximate surface area is 114 Å². The summed E-state index contributed by atoms with van der Waals surface area (Å²) in [5.74, 6) is 1.91. The molecule has 1 aliphatic heterocycles. The van der Waals surface area contributed by atoms with Crippen molar-refractivity contribution in [3.05, 3.63) is 23.7 Å². The molecule has 19 heavy (non-hydrogen) atoms. The number of furan rings is 1. The van der Waals surface area contributed by atoms with Gasteiger partial charge in [-0.1, -0.05) is 0 Å². The molecule has 1 fully saturated rings. The van der Waals surface area contributed by atoms with Gasteiger partial charge in [0, 0.05) is 32.6 Å². The van der Waals surface area contributed by atoms with Gasteiger partial charge in [-0.3, -0.25) is 9.69 Å². The fraction of sp³-hybridized carbons (Fsp3) is 0.643. The molecule has 0 bridgehead atoms. The van der Waals surface area contributed by atoms with E-state index in [1.54, 1.807) is 6.92 Å². The van der Waals surface area contributed by atoms with Crippen molar-refractivity contribution in [2.24, 2.45) is 5.73 Å². The molecule has 5 heteroatoms. The van der Waals surface area contributed by atoms with E-state index in [0.717, 1.165) is 37.5 Å². The Morgan fingerprint density at radius 3 is 2.68 bits per heavy atom. The normalized spacial score (nSPS) is 19.3. The molecule has 1 unspecified atom stereocenters. The number of carbonyl (C=O) groups excluding carboxylic acids is 1. The van der Waals surface area contributed by atoms with Crippen molar-refractivity contribution in [3.63, 3.8) is 0 Å². The van der Waals surface area contributed by atoms with Gasteiger partial charge in [0.2, 0.25) is 5.91 Å². The van der Waals surface area contributed by atoms with Gasteiger partial charge in [-0.25, -0.2) is 0 Å². The van der Waals surface area contributed by atoms with Crippen molar-refractivity contribution in [3.8, 4) is 0 Å². The summed E-state index contributed by atoms with van der Waals surface area (Å²) in [5.41, 5.74) is 5.89. The van der Waals surface area contributed by atoms with Crippen LogP contribution in [0.25, 0.3) is 0 Å². The number of carbonyl (C=O) groups is 1. The Morgan fingerprint density at radius 2 is 2.21 bits per heavy atom. The summed E-state index contributed by atoms with van der Waals surface area (Å²) >= 11 is 0. The first-order chi connectivity index (χ1) is 9.10. The minimum Gasteiger partial charge on any atom is -0.465 e. The third kappa shape index (κ3) is 3.58. The van der Waals surface area contributed by atoms with E-state index in [9.17, 15) is 4.79 Å². The number of piperidine rings is 1. The first-order valence-electron chi connectivity index (χ1n) is 6.87. The minimum absolute atomic E-state index is 0.0514. The molecule has 0 saturated carbocycles. The van der Waals surface area contributed by atoms with Gasteiger partial charge in [0.05, 0.1) is 6.04 Å². The van der Waals surface area contributed by atoms with Gasteiger partial charge in [-0.05, 0) is 31.9 Å². The number of hydrogen-bond donors (Lipinski definition) is 2. The van der Waals surface area contributed by atoms with E-state index in [-0.39, 0.29) is 11.9 Å². The van der Waals surface area contributed by atoms with E-state index in [2.05, 4.69) is 10.2 Å². The Morgan fingerprint density at radius 1 is 1.53 bits per heavy atom. The van der Waals surface area contributed by atoms with Crippen molar-refractivity contribution in [2.75, 3.05) is 19.6 Å². The third-order valence-corrected chi connectivity index (χ3v) is 3.69. The maximum atomic E-state index is 11.0. The predicted octanol–water partition coefficient (Wildman–Crippen LogP) is 1.19. The molecule has 3 N–H and O–H groups in total. The standard InChI is InChI=1S/C14H23N3O2/c1-10-3-4-14(19-10)13(9-15)17-7-5-12(6-8-17)16-11(2)18/h3-4,12-13H,5-9,15H2,1-2H3,(H,16,18). The highest BCUT2D eigenvalue weighted by Gasteiger charge is 2.27. The molecular formula is C14H23N3O2. The molecular weight excluding hydrogens is 242 g/mol. The van der Waals surface area contributed by atoms with Crippen LogP contribution in [0.1, 0.15) is 37.3 Å². The van der Waals surface area contributed by atoms with E-state index < -0.39 is 0 Å². The SMILES string of the molecule is CC(=O)NC1CCN(C(CN)c2ccc(C)o2)CC1. The number of nitrogens with one attached hydrogen (secondary N) is 1. The molecule has 0 aliphatic carbocycles. The molecule has 2 rings (SSSR count). The third-order valence-electron chi connectivity index (χ3n) is 3.69. The van der Waals surface area contributed by atoms with Crippen LogP contribution in [0.3, 0.4) is 0 Å². The summed E-state index contributed by atoms with van der Waals surface area (Å²) in [6.45, 7) is 5.94. The quantitative estimate of drug-likeness (QED) is 0.858.